The first kappa shape index (κ1) is 18.2. The number of nitrogens with zero attached hydrogens (tertiary/aromatic N) is 2. The highest BCUT2D eigenvalue weighted by atomic mass is 16.2. The van der Waals surface area contributed by atoms with Gasteiger partial charge in [0.2, 0.25) is 11.8 Å². The molecular weight excluding hydrogens is 292 g/mol. The summed E-state index contributed by atoms with van der Waals surface area (Å²) >= 11 is 0. The molecule has 2 aliphatic rings. The van der Waals surface area contributed by atoms with Crippen molar-refractivity contribution in [2.24, 2.45) is 0 Å². The third kappa shape index (κ3) is 3.69. The fourth-order valence-corrected chi connectivity index (χ4v) is 4.20. The van der Waals surface area contributed by atoms with Crippen LogP contribution in [0.5, 0.6) is 0 Å². The zero-order valence-corrected chi connectivity index (χ0v) is 15.8. The molecule has 2 saturated heterocycles. The van der Waals surface area contributed by atoms with E-state index < -0.39 is 11.1 Å². The molecule has 0 spiro atoms. The van der Waals surface area contributed by atoms with Crippen LogP contribution in [0.25, 0.3) is 0 Å². The Labute approximate surface area is 140 Å². The summed E-state index contributed by atoms with van der Waals surface area (Å²) < 4.78 is 0. The second-order valence-corrected chi connectivity index (χ2v) is 9.42. The van der Waals surface area contributed by atoms with Gasteiger partial charge in [-0.05, 0) is 55.4 Å². The molecule has 0 radical (unpaired) electrons. The van der Waals surface area contributed by atoms with Crippen LogP contribution in [0.1, 0.15) is 55.4 Å². The van der Waals surface area contributed by atoms with Gasteiger partial charge in [-0.2, -0.15) is 0 Å². The summed E-state index contributed by atoms with van der Waals surface area (Å²) in [5.74, 6) is 0.0811. The Morgan fingerprint density at radius 2 is 1.04 bits per heavy atom. The van der Waals surface area contributed by atoms with Crippen molar-refractivity contribution in [3.63, 3.8) is 0 Å². The first-order valence-electron chi connectivity index (χ1n) is 8.33. The van der Waals surface area contributed by atoms with E-state index in [-0.39, 0.29) is 22.9 Å². The van der Waals surface area contributed by atoms with Gasteiger partial charge < -0.3 is 9.80 Å². The van der Waals surface area contributed by atoms with Gasteiger partial charge in [0.1, 0.15) is 0 Å². The van der Waals surface area contributed by atoms with Gasteiger partial charge in [-0.25, -0.2) is 0 Å². The van der Waals surface area contributed by atoms with Gasteiger partial charge >= 0.3 is 0 Å². The Hall–Kier alpha value is -1.14. The van der Waals surface area contributed by atoms with Gasteiger partial charge in [0, 0.05) is 24.2 Å². The normalized spacial score (nSPS) is 28.9. The Kier molecular flexibility index (Phi) is 4.10. The average Bonchev–Trinajstić information content (AvgIpc) is 2.28. The maximum Gasteiger partial charge on any atom is 0.243 e. The number of rotatable bonds is 2. The van der Waals surface area contributed by atoms with E-state index in [0.29, 0.717) is 19.8 Å². The largest absolute Gasteiger partial charge is 0.321 e. The molecule has 6 heteroatoms. The topological polar surface area (TPSA) is 64.7 Å². The summed E-state index contributed by atoms with van der Waals surface area (Å²) in [5.41, 5.74) is -1.60. The lowest BCUT2D eigenvalue weighted by atomic mass is 9.89. The van der Waals surface area contributed by atoms with E-state index in [9.17, 15) is 9.59 Å². The first-order valence-corrected chi connectivity index (χ1v) is 8.33. The first-order chi connectivity index (χ1) is 10.2. The minimum atomic E-state index is -0.621. The van der Waals surface area contributed by atoms with E-state index in [4.69, 9.17) is 0 Å². The number of piperazine rings is 2. The van der Waals surface area contributed by atoms with Crippen molar-refractivity contribution in [3.05, 3.63) is 0 Å². The van der Waals surface area contributed by atoms with Gasteiger partial charge in [-0.1, -0.05) is 0 Å². The molecule has 2 N–H and O–H groups in total. The molecule has 23 heavy (non-hydrogen) atoms. The van der Waals surface area contributed by atoms with E-state index in [1.54, 1.807) is 0 Å². The quantitative estimate of drug-likeness (QED) is 0.793. The van der Waals surface area contributed by atoms with E-state index in [0.717, 1.165) is 0 Å². The van der Waals surface area contributed by atoms with Crippen molar-refractivity contribution in [3.8, 4) is 0 Å². The Morgan fingerprint density at radius 1 is 0.739 bits per heavy atom. The zero-order valence-electron chi connectivity index (χ0n) is 15.8. The van der Waals surface area contributed by atoms with E-state index in [2.05, 4.69) is 38.3 Å². The summed E-state index contributed by atoms with van der Waals surface area (Å²) in [6, 6.07) is 0. The molecular formula is C17H32N4O2. The summed E-state index contributed by atoms with van der Waals surface area (Å²) in [5, 5.41) is 6.77. The van der Waals surface area contributed by atoms with Crippen LogP contribution in [-0.2, 0) is 9.59 Å². The third-order valence-electron chi connectivity index (χ3n) is 4.46. The highest BCUT2D eigenvalue weighted by molar-refractivity contribution is 5.89. The van der Waals surface area contributed by atoms with Crippen LogP contribution in [0.15, 0.2) is 0 Å². The SMILES string of the molecule is CC1(C)CN(CN2CC(C)(C)NC(C)(C)C2=O)C(=O)C(C)(C)N1. The van der Waals surface area contributed by atoms with Crippen LogP contribution in [0, 0.1) is 0 Å². The molecule has 2 aliphatic heterocycles. The van der Waals surface area contributed by atoms with Crippen LogP contribution >= 0.6 is 0 Å². The minimum absolute atomic E-state index is 0.0405. The molecule has 0 aliphatic carbocycles. The van der Waals surface area contributed by atoms with Crippen molar-refractivity contribution >= 4 is 11.8 Å². The van der Waals surface area contributed by atoms with E-state index >= 15 is 0 Å². The van der Waals surface area contributed by atoms with Crippen molar-refractivity contribution in [2.75, 3.05) is 19.8 Å². The lowest BCUT2D eigenvalue weighted by Gasteiger charge is -2.52. The van der Waals surface area contributed by atoms with Crippen LogP contribution in [0.3, 0.4) is 0 Å². The summed E-state index contributed by atoms with van der Waals surface area (Å²) in [7, 11) is 0. The number of amides is 2. The highest BCUT2D eigenvalue weighted by Crippen LogP contribution is 2.26. The molecule has 0 saturated carbocycles. The Bertz CT molecular complexity index is 477. The summed E-state index contributed by atoms with van der Waals surface area (Å²) in [6.45, 7) is 17.5. The number of nitrogens with one attached hydrogen (secondary N) is 2. The highest BCUT2D eigenvalue weighted by Gasteiger charge is 2.47. The summed E-state index contributed by atoms with van der Waals surface area (Å²) in [6.07, 6.45) is 0. The average molecular weight is 324 g/mol. The van der Waals surface area contributed by atoms with Gasteiger partial charge in [0.05, 0.1) is 17.7 Å². The van der Waals surface area contributed by atoms with Crippen LogP contribution in [-0.4, -0.2) is 63.5 Å². The lowest BCUT2D eigenvalue weighted by molar-refractivity contribution is -0.155. The maximum absolute atomic E-state index is 12.7. The van der Waals surface area contributed by atoms with E-state index in [1.807, 2.05) is 37.5 Å². The second kappa shape index (κ2) is 5.18. The van der Waals surface area contributed by atoms with Crippen LogP contribution in [0.2, 0.25) is 0 Å². The van der Waals surface area contributed by atoms with Crippen molar-refractivity contribution in [2.45, 2.75) is 77.5 Å². The fraction of sp³-hybridized carbons (Fsp3) is 0.882. The minimum Gasteiger partial charge on any atom is -0.321 e. The van der Waals surface area contributed by atoms with Gasteiger partial charge in [0.15, 0.2) is 0 Å². The predicted octanol–water partition coefficient (Wildman–Crippen LogP) is 0.922. The van der Waals surface area contributed by atoms with Crippen LogP contribution < -0.4 is 10.6 Å². The van der Waals surface area contributed by atoms with Crippen molar-refractivity contribution in [1.29, 1.82) is 0 Å². The molecule has 2 rings (SSSR count). The predicted molar refractivity (Wildman–Crippen MR) is 90.9 cm³/mol. The standard InChI is InChI=1S/C17H32N4O2/c1-14(2)9-20(12(22)16(5,6)18-14)11-21-10-15(3,4)19-17(7,8)13(21)23/h18-19H,9-11H2,1-8H3. The number of carbonyl (C=O) groups excluding carboxylic acids is 2. The molecule has 2 heterocycles. The Morgan fingerprint density at radius 3 is 1.35 bits per heavy atom. The van der Waals surface area contributed by atoms with Crippen LogP contribution in [0.4, 0.5) is 0 Å². The number of hydrogen-bond donors (Lipinski definition) is 2. The fourth-order valence-electron chi connectivity index (χ4n) is 4.20. The lowest BCUT2D eigenvalue weighted by Crippen LogP contribution is -2.74. The molecule has 132 valence electrons. The molecule has 0 aromatic heterocycles. The van der Waals surface area contributed by atoms with Gasteiger partial charge in [-0.3, -0.25) is 20.2 Å². The zero-order chi connectivity index (χ0) is 17.8. The van der Waals surface area contributed by atoms with Crippen molar-refractivity contribution in [1.82, 2.24) is 20.4 Å². The molecule has 0 unspecified atom stereocenters. The monoisotopic (exact) mass is 324 g/mol. The van der Waals surface area contributed by atoms with E-state index in [1.165, 1.54) is 0 Å². The van der Waals surface area contributed by atoms with Crippen molar-refractivity contribution < 1.29 is 9.59 Å². The molecule has 2 fully saturated rings. The Balaban J connectivity index is 2.22. The second-order valence-electron chi connectivity index (χ2n) is 9.42. The van der Waals surface area contributed by atoms with Gasteiger partial charge in [0.25, 0.3) is 0 Å². The molecule has 0 atom stereocenters. The van der Waals surface area contributed by atoms with Gasteiger partial charge in [-0.15, -0.1) is 0 Å². The number of carbonyl (C=O) groups is 2. The molecule has 0 aromatic carbocycles. The number of hydrogen-bond acceptors (Lipinski definition) is 4. The third-order valence-corrected chi connectivity index (χ3v) is 4.46. The molecule has 0 aromatic rings. The summed E-state index contributed by atoms with van der Waals surface area (Å²) in [4.78, 5) is 29.1. The molecule has 6 nitrogen and oxygen atoms in total. The maximum atomic E-state index is 12.7. The smallest absolute Gasteiger partial charge is 0.243 e. The molecule has 0 bridgehead atoms. The molecule has 2 amide bonds.